The Morgan fingerprint density at radius 1 is 1.25 bits per heavy atom. The summed E-state index contributed by atoms with van der Waals surface area (Å²) in [5, 5.41) is 0. The molecule has 0 bridgehead atoms. The van der Waals surface area contributed by atoms with Crippen molar-refractivity contribution < 1.29 is 0 Å². The molecule has 0 amide bonds. The molecule has 0 N–H and O–H groups in total. The van der Waals surface area contributed by atoms with Crippen molar-refractivity contribution in [3.63, 3.8) is 0 Å². The number of hydrogen-bond donors (Lipinski definition) is 0. The number of hydrogen-bond acceptors (Lipinski definition) is 1. The van der Waals surface area contributed by atoms with E-state index < -0.39 is 0 Å². The normalized spacial score (nSPS) is 10.2. The van der Waals surface area contributed by atoms with E-state index in [4.69, 9.17) is 0 Å². The minimum absolute atomic E-state index is 0.926. The molecule has 0 saturated carbocycles. The molecule has 12 heavy (non-hydrogen) atoms. The molecule has 0 aromatic rings. The van der Waals surface area contributed by atoms with Gasteiger partial charge in [0.1, 0.15) is 0 Å². The average molecular weight is 167 g/mol. The van der Waals surface area contributed by atoms with Crippen LogP contribution in [0.25, 0.3) is 0 Å². The van der Waals surface area contributed by atoms with Gasteiger partial charge in [0.2, 0.25) is 0 Å². The van der Waals surface area contributed by atoms with Crippen LogP contribution < -0.4 is 0 Å². The van der Waals surface area contributed by atoms with E-state index in [1.54, 1.807) is 6.08 Å². The summed E-state index contributed by atoms with van der Waals surface area (Å²) in [6.07, 6.45) is 5.59. The number of allylic oxidation sites excluding steroid dienone is 2. The van der Waals surface area contributed by atoms with Gasteiger partial charge in [-0.2, -0.15) is 0 Å². The minimum atomic E-state index is 0.926. The van der Waals surface area contributed by atoms with E-state index in [0.29, 0.717) is 0 Å². The van der Waals surface area contributed by atoms with Crippen LogP contribution in [-0.4, -0.2) is 25.5 Å². The molecule has 1 nitrogen and oxygen atoms in total. The van der Waals surface area contributed by atoms with Gasteiger partial charge in [-0.1, -0.05) is 45.2 Å². The summed E-state index contributed by atoms with van der Waals surface area (Å²) in [5.74, 6) is 0. The standard InChI is InChI=1S/C9H15N.C2H6/c1-5-7-9(6-2)8-10(3)4;1-2/h5-7H,1-2,8H2,3-4H3;1-2H3/b9-7+;. The van der Waals surface area contributed by atoms with Gasteiger partial charge in [0.25, 0.3) is 0 Å². The smallest absolute Gasteiger partial charge is 0.0227 e. The Balaban J connectivity index is 0. The maximum atomic E-state index is 3.69. The lowest BCUT2D eigenvalue weighted by molar-refractivity contribution is 0.449. The molecule has 0 aliphatic rings. The highest BCUT2D eigenvalue weighted by molar-refractivity contribution is 5.22. The molecule has 0 aromatic carbocycles. The van der Waals surface area contributed by atoms with E-state index in [-0.39, 0.29) is 0 Å². The van der Waals surface area contributed by atoms with Crippen LogP contribution in [0.1, 0.15) is 13.8 Å². The van der Waals surface area contributed by atoms with E-state index >= 15 is 0 Å². The maximum Gasteiger partial charge on any atom is 0.0227 e. The van der Waals surface area contributed by atoms with Crippen molar-refractivity contribution in [2.75, 3.05) is 20.6 Å². The monoisotopic (exact) mass is 167 g/mol. The summed E-state index contributed by atoms with van der Waals surface area (Å²) in [7, 11) is 4.06. The second kappa shape index (κ2) is 10.2. The van der Waals surface area contributed by atoms with Gasteiger partial charge in [0.05, 0.1) is 0 Å². The highest BCUT2D eigenvalue weighted by Crippen LogP contribution is 1.96. The molecule has 0 saturated heterocycles. The quantitative estimate of drug-likeness (QED) is 0.582. The van der Waals surface area contributed by atoms with Gasteiger partial charge in [-0.05, 0) is 19.7 Å². The lowest BCUT2D eigenvalue weighted by Gasteiger charge is -2.08. The second-order valence-electron chi connectivity index (χ2n) is 2.42. The van der Waals surface area contributed by atoms with Gasteiger partial charge in [0, 0.05) is 6.54 Å². The lowest BCUT2D eigenvalue weighted by Crippen LogP contribution is -2.13. The molecular formula is C11H21N. The maximum absolute atomic E-state index is 3.69. The molecule has 1 heteroatoms. The van der Waals surface area contributed by atoms with Crippen LogP contribution >= 0.6 is 0 Å². The first-order chi connectivity index (χ1) is 5.70. The van der Waals surface area contributed by atoms with Crippen LogP contribution in [0.4, 0.5) is 0 Å². The third-order valence-electron chi connectivity index (χ3n) is 1.09. The predicted octanol–water partition coefficient (Wildman–Crippen LogP) is 2.87. The largest absolute Gasteiger partial charge is 0.305 e. The van der Waals surface area contributed by atoms with Gasteiger partial charge < -0.3 is 4.90 Å². The van der Waals surface area contributed by atoms with Crippen molar-refractivity contribution in [1.82, 2.24) is 4.90 Å². The average Bonchev–Trinajstić information content (AvgIpc) is 2.07. The molecule has 0 spiro atoms. The van der Waals surface area contributed by atoms with Gasteiger partial charge in [0.15, 0.2) is 0 Å². The summed E-state index contributed by atoms with van der Waals surface area (Å²) in [4.78, 5) is 2.09. The van der Waals surface area contributed by atoms with E-state index in [9.17, 15) is 0 Å². The van der Waals surface area contributed by atoms with Crippen molar-refractivity contribution in [2.24, 2.45) is 0 Å². The first-order valence-corrected chi connectivity index (χ1v) is 4.29. The van der Waals surface area contributed by atoms with Crippen molar-refractivity contribution in [1.29, 1.82) is 0 Å². The van der Waals surface area contributed by atoms with Gasteiger partial charge in [-0.15, -0.1) is 0 Å². The van der Waals surface area contributed by atoms with Crippen LogP contribution in [0.5, 0.6) is 0 Å². The molecule has 0 aliphatic carbocycles. The topological polar surface area (TPSA) is 3.24 Å². The van der Waals surface area contributed by atoms with Crippen molar-refractivity contribution in [3.8, 4) is 0 Å². The van der Waals surface area contributed by atoms with Crippen LogP contribution in [-0.2, 0) is 0 Å². The molecule has 0 radical (unpaired) electrons. The Labute approximate surface area is 77.1 Å². The summed E-state index contributed by atoms with van der Waals surface area (Å²) in [5.41, 5.74) is 1.19. The van der Waals surface area contributed by atoms with Crippen LogP contribution in [0.15, 0.2) is 37.0 Å². The summed E-state index contributed by atoms with van der Waals surface area (Å²) in [6.45, 7) is 12.2. The Morgan fingerprint density at radius 3 is 2.00 bits per heavy atom. The lowest BCUT2D eigenvalue weighted by atomic mass is 10.2. The number of rotatable bonds is 4. The first-order valence-electron chi connectivity index (χ1n) is 4.29. The van der Waals surface area contributed by atoms with Crippen molar-refractivity contribution >= 4 is 0 Å². The third kappa shape index (κ3) is 9.18. The SMILES string of the molecule is C=C/C=C(\C=C)CN(C)C.CC. The predicted molar refractivity (Wildman–Crippen MR) is 58.4 cm³/mol. The second-order valence-corrected chi connectivity index (χ2v) is 2.42. The summed E-state index contributed by atoms with van der Waals surface area (Å²) in [6, 6.07) is 0. The molecule has 0 fully saturated rings. The molecule has 0 aromatic heterocycles. The molecule has 0 atom stereocenters. The van der Waals surface area contributed by atoms with Crippen LogP contribution in [0.3, 0.4) is 0 Å². The van der Waals surface area contributed by atoms with Crippen molar-refractivity contribution in [3.05, 3.63) is 37.0 Å². The molecule has 70 valence electrons. The van der Waals surface area contributed by atoms with Crippen molar-refractivity contribution in [2.45, 2.75) is 13.8 Å². The number of likely N-dealkylation sites (N-methyl/N-ethyl adjacent to an activating group) is 1. The Bertz CT molecular complexity index is 143. The summed E-state index contributed by atoms with van der Waals surface area (Å²) >= 11 is 0. The Kier molecular flexibility index (Phi) is 11.7. The van der Waals surface area contributed by atoms with Gasteiger partial charge in [-0.3, -0.25) is 0 Å². The van der Waals surface area contributed by atoms with E-state index in [0.717, 1.165) is 6.54 Å². The minimum Gasteiger partial charge on any atom is -0.305 e. The number of nitrogens with zero attached hydrogens (tertiary/aromatic N) is 1. The first kappa shape index (κ1) is 13.7. The Morgan fingerprint density at radius 2 is 1.75 bits per heavy atom. The molecular weight excluding hydrogens is 146 g/mol. The zero-order valence-electron chi connectivity index (χ0n) is 8.80. The fourth-order valence-electron chi connectivity index (χ4n) is 0.702. The molecule has 0 aliphatic heterocycles. The van der Waals surface area contributed by atoms with E-state index in [1.165, 1.54) is 5.57 Å². The zero-order chi connectivity index (χ0) is 9.98. The van der Waals surface area contributed by atoms with Gasteiger partial charge >= 0.3 is 0 Å². The highest BCUT2D eigenvalue weighted by Gasteiger charge is 1.90. The molecule has 0 rings (SSSR count). The van der Waals surface area contributed by atoms with Gasteiger partial charge in [-0.25, -0.2) is 0 Å². The molecule has 0 unspecified atom stereocenters. The zero-order valence-corrected chi connectivity index (χ0v) is 8.80. The van der Waals surface area contributed by atoms with Crippen LogP contribution in [0.2, 0.25) is 0 Å². The fourth-order valence-corrected chi connectivity index (χ4v) is 0.702. The summed E-state index contributed by atoms with van der Waals surface area (Å²) < 4.78 is 0. The fraction of sp³-hybridized carbons (Fsp3) is 0.455. The molecule has 0 heterocycles. The third-order valence-corrected chi connectivity index (χ3v) is 1.09. The van der Waals surface area contributed by atoms with E-state index in [2.05, 4.69) is 18.1 Å². The van der Waals surface area contributed by atoms with Crippen LogP contribution in [0, 0.1) is 0 Å². The van der Waals surface area contributed by atoms with E-state index in [1.807, 2.05) is 40.1 Å². The Hall–Kier alpha value is -0.820. The highest BCUT2D eigenvalue weighted by atomic mass is 15.0.